The SMILES string of the molecule is COc1ccccc1N1CCN(CC(O)COc2cccc3c2OC(C(N)=O)C3=O)CC1. The number of hydrogen-bond acceptors (Lipinski definition) is 8. The summed E-state index contributed by atoms with van der Waals surface area (Å²) in [6, 6.07) is 12.8. The zero-order chi connectivity index (χ0) is 22.7. The number of anilines is 1. The summed E-state index contributed by atoms with van der Waals surface area (Å²) in [7, 11) is 1.67. The maximum atomic E-state index is 12.2. The molecule has 4 rings (SSSR count). The third kappa shape index (κ3) is 4.49. The van der Waals surface area contributed by atoms with E-state index >= 15 is 0 Å². The molecule has 0 radical (unpaired) electrons. The predicted molar refractivity (Wildman–Crippen MR) is 118 cm³/mol. The van der Waals surface area contributed by atoms with E-state index in [2.05, 4.69) is 9.80 Å². The minimum atomic E-state index is -1.33. The first-order valence-corrected chi connectivity index (χ1v) is 10.5. The number of nitrogens with zero attached hydrogens (tertiary/aromatic N) is 2. The van der Waals surface area contributed by atoms with Crippen molar-refractivity contribution in [2.24, 2.45) is 5.73 Å². The number of fused-ring (bicyclic) bond motifs is 1. The molecule has 2 aromatic carbocycles. The minimum absolute atomic E-state index is 0.0297. The first kappa shape index (κ1) is 21.9. The van der Waals surface area contributed by atoms with Crippen LogP contribution in [0.3, 0.4) is 0 Å². The van der Waals surface area contributed by atoms with E-state index in [-0.39, 0.29) is 17.9 Å². The Bertz CT molecular complexity index is 989. The standard InChI is InChI=1S/C23H27N3O6/c1-30-18-7-3-2-6-17(18)26-11-9-25(10-12-26)13-15(27)14-31-19-8-4-5-16-20(28)22(23(24)29)32-21(16)19/h2-8,15,22,27H,9-14H2,1H3,(H2,24,29). The highest BCUT2D eigenvalue weighted by Crippen LogP contribution is 2.38. The van der Waals surface area contributed by atoms with Crippen molar-refractivity contribution in [2.45, 2.75) is 12.2 Å². The first-order chi connectivity index (χ1) is 15.5. The van der Waals surface area contributed by atoms with E-state index in [1.165, 1.54) is 0 Å². The van der Waals surface area contributed by atoms with Gasteiger partial charge in [0.05, 0.1) is 18.4 Å². The number of hydrogen-bond donors (Lipinski definition) is 2. The van der Waals surface area contributed by atoms with Crippen LogP contribution >= 0.6 is 0 Å². The third-order valence-electron chi connectivity index (χ3n) is 5.67. The van der Waals surface area contributed by atoms with Crippen molar-refractivity contribution >= 4 is 17.4 Å². The monoisotopic (exact) mass is 441 g/mol. The zero-order valence-corrected chi connectivity index (χ0v) is 17.9. The van der Waals surface area contributed by atoms with Gasteiger partial charge in [0.15, 0.2) is 11.5 Å². The summed E-state index contributed by atoms with van der Waals surface area (Å²) >= 11 is 0. The van der Waals surface area contributed by atoms with E-state index in [0.717, 1.165) is 37.6 Å². The van der Waals surface area contributed by atoms with Crippen LogP contribution in [-0.2, 0) is 4.79 Å². The lowest BCUT2D eigenvalue weighted by Gasteiger charge is -2.37. The molecule has 170 valence electrons. The quantitative estimate of drug-likeness (QED) is 0.575. The number of nitrogens with two attached hydrogens (primary N) is 1. The Morgan fingerprint density at radius 1 is 1.16 bits per heavy atom. The van der Waals surface area contributed by atoms with Gasteiger partial charge in [-0.3, -0.25) is 14.5 Å². The summed E-state index contributed by atoms with van der Waals surface area (Å²) in [5.74, 6) is 0.0264. The molecule has 1 saturated heterocycles. The maximum Gasteiger partial charge on any atom is 0.266 e. The molecular formula is C23H27N3O6. The fourth-order valence-corrected chi connectivity index (χ4v) is 4.04. The number of Topliss-reactive ketones (excluding diaryl/α,β-unsaturated/α-hetero) is 1. The summed E-state index contributed by atoms with van der Waals surface area (Å²) in [4.78, 5) is 28.1. The molecule has 0 spiro atoms. The molecule has 0 saturated carbocycles. The van der Waals surface area contributed by atoms with Crippen LogP contribution in [0.1, 0.15) is 10.4 Å². The van der Waals surface area contributed by atoms with E-state index in [0.29, 0.717) is 12.3 Å². The smallest absolute Gasteiger partial charge is 0.266 e. The molecule has 2 heterocycles. The van der Waals surface area contributed by atoms with Gasteiger partial charge in [-0.25, -0.2) is 0 Å². The van der Waals surface area contributed by atoms with E-state index in [9.17, 15) is 14.7 Å². The second-order valence-electron chi connectivity index (χ2n) is 7.82. The van der Waals surface area contributed by atoms with Crippen LogP contribution < -0.4 is 24.8 Å². The second kappa shape index (κ2) is 9.46. The van der Waals surface area contributed by atoms with Gasteiger partial charge in [0.2, 0.25) is 11.9 Å². The summed E-state index contributed by atoms with van der Waals surface area (Å²) in [6.07, 6.45) is -2.06. The van der Waals surface area contributed by atoms with Gasteiger partial charge < -0.3 is 30.0 Å². The molecule has 0 bridgehead atoms. The highest BCUT2D eigenvalue weighted by molar-refractivity contribution is 6.16. The average Bonchev–Trinajstić information content (AvgIpc) is 3.15. The summed E-state index contributed by atoms with van der Waals surface area (Å²) < 4.78 is 16.6. The number of aliphatic hydroxyl groups is 1. The lowest BCUT2D eigenvalue weighted by atomic mass is 10.1. The van der Waals surface area contributed by atoms with Crippen molar-refractivity contribution < 1.29 is 28.9 Å². The van der Waals surface area contributed by atoms with Crippen LogP contribution in [0.15, 0.2) is 42.5 Å². The highest BCUT2D eigenvalue weighted by Gasteiger charge is 2.38. The molecule has 2 aromatic rings. The fraction of sp³-hybridized carbons (Fsp3) is 0.391. The molecular weight excluding hydrogens is 414 g/mol. The Morgan fingerprint density at radius 3 is 2.59 bits per heavy atom. The molecule has 2 aliphatic heterocycles. The van der Waals surface area contributed by atoms with Crippen molar-refractivity contribution in [3.05, 3.63) is 48.0 Å². The molecule has 0 aromatic heterocycles. The highest BCUT2D eigenvalue weighted by atomic mass is 16.5. The van der Waals surface area contributed by atoms with E-state index in [1.807, 2.05) is 24.3 Å². The van der Waals surface area contributed by atoms with E-state index < -0.39 is 23.9 Å². The lowest BCUT2D eigenvalue weighted by Crippen LogP contribution is -2.49. The van der Waals surface area contributed by atoms with Gasteiger partial charge in [-0.05, 0) is 24.3 Å². The summed E-state index contributed by atoms with van der Waals surface area (Å²) in [6.45, 7) is 3.73. The fourth-order valence-electron chi connectivity index (χ4n) is 4.04. The molecule has 1 fully saturated rings. The largest absolute Gasteiger partial charge is 0.495 e. The summed E-state index contributed by atoms with van der Waals surface area (Å²) in [5, 5.41) is 10.5. The molecule has 32 heavy (non-hydrogen) atoms. The molecule has 1 amide bonds. The number of aliphatic hydroxyl groups excluding tert-OH is 1. The van der Waals surface area contributed by atoms with Gasteiger partial charge in [-0.15, -0.1) is 0 Å². The Hall–Kier alpha value is -3.30. The number of carbonyl (C=O) groups is 2. The number of methoxy groups -OCH3 is 1. The second-order valence-corrected chi connectivity index (χ2v) is 7.82. The van der Waals surface area contributed by atoms with Crippen molar-refractivity contribution in [3.8, 4) is 17.2 Å². The van der Waals surface area contributed by atoms with Gasteiger partial charge in [0.1, 0.15) is 18.5 Å². The number of ether oxygens (including phenoxy) is 3. The molecule has 2 unspecified atom stereocenters. The van der Waals surface area contributed by atoms with E-state index in [4.69, 9.17) is 19.9 Å². The van der Waals surface area contributed by atoms with Gasteiger partial charge in [0.25, 0.3) is 5.91 Å². The number of ketones is 1. The Labute approximate surface area is 186 Å². The number of carbonyl (C=O) groups excluding carboxylic acids is 2. The van der Waals surface area contributed by atoms with Crippen molar-refractivity contribution in [3.63, 3.8) is 0 Å². The first-order valence-electron chi connectivity index (χ1n) is 10.5. The Morgan fingerprint density at radius 2 is 1.88 bits per heavy atom. The third-order valence-corrected chi connectivity index (χ3v) is 5.67. The number of primary amides is 1. The van der Waals surface area contributed by atoms with Crippen LogP contribution in [0.4, 0.5) is 5.69 Å². The van der Waals surface area contributed by atoms with Crippen molar-refractivity contribution in [1.82, 2.24) is 4.90 Å². The number of piperazine rings is 1. The molecule has 0 aliphatic carbocycles. The van der Waals surface area contributed by atoms with Crippen molar-refractivity contribution in [2.75, 3.05) is 51.3 Å². The van der Waals surface area contributed by atoms with Crippen molar-refractivity contribution in [1.29, 1.82) is 0 Å². The van der Waals surface area contributed by atoms with Crippen LogP contribution in [0.25, 0.3) is 0 Å². The number of amides is 1. The molecule has 2 aliphatic rings. The average molecular weight is 441 g/mol. The number of β-amino-alcohol motifs (C(OH)–C–C–N with tert-alkyl or cyclic N) is 1. The Balaban J connectivity index is 1.29. The van der Waals surface area contributed by atoms with Gasteiger partial charge >= 0.3 is 0 Å². The van der Waals surface area contributed by atoms with Gasteiger partial charge in [-0.1, -0.05) is 18.2 Å². The Kier molecular flexibility index (Phi) is 6.48. The minimum Gasteiger partial charge on any atom is -0.495 e. The normalized spacial score (nSPS) is 19.2. The topological polar surface area (TPSA) is 115 Å². The number of para-hydroxylation sites is 3. The van der Waals surface area contributed by atoms with Crippen LogP contribution in [0, 0.1) is 0 Å². The lowest BCUT2D eigenvalue weighted by molar-refractivity contribution is -0.122. The van der Waals surface area contributed by atoms with Gasteiger partial charge in [0, 0.05) is 32.7 Å². The molecule has 3 N–H and O–H groups in total. The van der Waals surface area contributed by atoms with Crippen LogP contribution in [-0.4, -0.2) is 80.3 Å². The summed E-state index contributed by atoms with van der Waals surface area (Å²) in [5.41, 5.74) is 6.55. The number of benzene rings is 2. The van der Waals surface area contributed by atoms with Crippen LogP contribution in [0.5, 0.6) is 17.2 Å². The number of rotatable bonds is 8. The molecule has 9 nitrogen and oxygen atoms in total. The molecule has 2 atom stereocenters. The predicted octanol–water partition coefficient (Wildman–Crippen LogP) is 0.686. The van der Waals surface area contributed by atoms with Gasteiger partial charge in [-0.2, -0.15) is 0 Å². The maximum absolute atomic E-state index is 12.2. The van der Waals surface area contributed by atoms with E-state index in [1.54, 1.807) is 25.3 Å². The molecule has 9 heteroatoms. The van der Waals surface area contributed by atoms with Crippen LogP contribution in [0.2, 0.25) is 0 Å². The zero-order valence-electron chi connectivity index (χ0n) is 17.9.